The molecular formula is C7H5BrN2S. The van der Waals surface area contributed by atoms with Crippen molar-refractivity contribution in [2.24, 2.45) is 0 Å². The van der Waals surface area contributed by atoms with Gasteiger partial charge in [0.1, 0.15) is 5.52 Å². The fourth-order valence-electron chi connectivity index (χ4n) is 0.928. The van der Waals surface area contributed by atoms with Crippen molar-refractivity contribution >= 4 is 37.5 Å². The Morgan fingerprint density at radius 2 is 2.36 bits per heavy atom. The van der Waals surface area contributed by atoms with Gasteiger partial charge in [-0.1, -0.05) is 0 Å². The van der Waals surface area contributed by atoms with Crippen molar-refractivity contribution in [2.75, 3.05) is 0 Å². The van der Waals surface area contributed by atoms with E-state index in [1.807, 2.05) is 6.92 Å². The smallest absolute Gasteiger partial charge is 0.108 e. The van der Waals surface area contributed by atoms with Gasteiger partial charge in [-0.3, -0.25) is 0 Å². The minimum atomic E-state index is 1.00. The van der Waals surface area contributed by atoms with Crippen LogP contribution in [0.25, 0.3) is 10.2 Å². The minimum Gasteiger partial charge on any atom is -0.157 e. The van der Waals surface area contributed by atoms with Crippen LogP contribution in [0.2, 0.25) is 0 Å². The van der Waals surface area contributed by atoms with Crippen molar-refractivity contribution in [3.05, 3.63) is 21.6 Å². The third-order valence-corrected chi connectivity index (χ3v) is 3.47. The van der Waals surface area contributed by atoms with Crippen LogP contribution in [0.5, 0.6) is 0 Å². The zero-order chi connectivity index (χ0) is 7.84. The molecule has 0 radical (unpaired) electrons. The van der Waals surface area contributed by atoms with Crippen LogP contribution >= 0.6 is 27.3 Å². The van der Waals surface area contributed by atoms with Gasteiger partial charge in [0.25, 0.3) is 0 Å². The highest BCUT2D eigenvalue weighted by Gasteiger charge is 2.04. The second-order valence-electron chi connectivity index (χ2n) is 2.29. The predicted octanol–water partition coefficient (Wildman–Crippen LogP) is 2.76. The van der Waals surface area contributed by atoms with E-state index in [4.69, 9.17) is 0 Å². The Morgan fingerprint density at radius 1 is 1.55 bits per heavy atom. The molecule has 4 heteroatoms. The number of thiophene rings is 1. The molecule has 2 aromatic rings. The first-order valence-corrected chi connectivity index (χ1v) is 4.81. The fraction of sp³-hybridized carbons (Fsp3) is 0.143. The number of fused-ring (bicyclic) bond motifs is 1. The average molecular weight is 229 g/mol. The predicted molar refractivity (Wildman–Crippen MR) is 49.9 cm³/mol. The second kappa shape index (κ2) is 2.53. The van der Waals surface area contributed by atoms with Gasteiger partial charge in [-0.15, -0.1) is 16.4 Å². The zero-order valence-corrected chi connectivity index (χ0v) is 8.24. The Bertz CT molecular complexity index is 396. The summed E-state index contributed by atoms with van der Waals surface area (Å²) in [6, 6.07) is 0. The number of aromatic nitrogens is 2. The van der Waals surface area contributed by atoms with E-state index in [2.05, 4.69) is 31.5 Å². The van der Waals surface area contributed by atoms with Gasteiger partial charge in [0.2, 0.25) is 0 Å². The van der Waals surface area contributed by atoms with Gasteiger partial charge < -0.3 is 0 Å². The largest absolute Gasteiger partial charge is 0.157 e. The first kappa shape index (κ1) is 7.18. The maximum Gasteiger partial charge on any atom is 0.108 e. The van der Waals surface area contributed by atoms with Crippen molar-refractivity contribution in [1.82, 2.24) is 10.2 Å². The molecule has 0 fully saturated rings. The molecule has 2 heterocycles. The number of aryl methyl sites for hydroxylation is 1. The summed E-state index contributed by atoms with van der Waals surface area (Å²) in [5.74, 6) is 0. The summed E-state index contributed by atoms with van der Waals surface area (Å²) >= 11 is 5.11. The molecule has 0 atom stereocenters. The van der Waals surface area contributed by atoms with E-state index in [1.54, 1.807) is 17.5 Å². The maximum absolute atomic E-state index is 4.03. The number of rotatable bonds is 0. The SMILES string of the molecule is Cc1csc2c(Br)cnnc12. The fourth-order valence-corrected chi connectivity index (χ4v) is 2.37. The molecule has 11 heavy (non-hydrogen) atoms. The molecule has 0 aliphatic rings. The van der Waals surface area contributed by atoms with Gasteiger partial charge in [-0.2, -0.15) is 5.10 Å². The minimum absolute atomic E-state index is 1.00. The topological polar surface area (TPSA) is 25.8 Å². The highest BCUT2D eigenvalue weighted by Crippen LogP contribution is 2.28. The Labute approximate surface area is 76.4 Å². The van der Waals surface area contributed by atoms with Gasteiger partial charge in [-0.05, 0) is 33.8 Å². The van der Waals surface area contributed by atoms with Gasteiger partial charge >= 0.3 is 0 Å². The lowest BCUT2D eigenvalue weighted by Crippen LogP contribution is -1.80. The molecule has 0 amide bonds. The summed E-state index contributed by atoms with van der Waals surface area (Å²) < 4.78 is 2.21. The summed E-state index contributed by atoms with van der Waals surface area (Å²) in [7, 11) is 0. The van der Waals surface area contributed by atoms with E-state index >= 15 is 0 Å². The van der Waals surface area contributed by atoms with Crippen molar-refractivity contribution in [3.8, 4) is 0 Å². The summed E-state index contributed by atoms with van der Waals surface area (Å²) in [5, 5.41) is 9.97. The molecule has 0 bridgehead atoms. The van der Waals surface area contributed by atoms with E-state index in [-0.39, 0.29) is 0 Å². The molecule has 0 unspecified atom stereocenters. The van der Waals surface area contributed by atoms with Crippen LogP contribution in [0.3, 0.4) is 0 Å². The van der Waals surface area contributed by atoms with E-state index in [9.17, 15) is 0 Å². The normalized spacial score (nSPS) is 10.7. The van der Waals surface area contributed by atoms with Crippen LogP contribution in [-0.2, 0) is 0 Å². The number of halogens is 1. The quantitative estimate of drug-likeness (QED) is 0.694. The zero-order valence-electron chi connectivity index (χ0n) is 5.84. The molecule has 2 rings (SSSR count). The van der Waals surface area contributed by atoms with Crippen LogP contribution in [0.15, 0.2) is 16.0 Å². The van der Waals surface area contributed by atoms with E-state index in [0.717, 1.165) is 9.99 Å². The van der Waals surface area contributed by atoms with Crippen molar-refractivity contribution in [2.45, 2.75) is 6.92 Å². The highest BCUT2D eigenvalue weighted by atomic mass is 79.9. The first-order chi connectivity index (χ1) is 5.29. The third kappa shape index (κ3) is 1.06. The summed E-state index contributed by atoms with van der Waals surface area (Å²) in [6.45, 7) is 2.04. The Balaban J connectivity index is 2.94. The van der Waals surface area contributed by atoms with Gasteiger partial charge in [-0.25, -0.2) is 0 Å². The third-order valence-electron chi connectivity index (χ3n) is 1.49. The Kier molecular flexibility index (Phi) is 1.65. The van der Waals surface area contributed by atoms with Crippen molar-refractivity contribution < 1.29 is 0 Å². The molecule has 0 saturated carbocycles. The lowest BCUT2D eigenvalue weighted by Gasteiger charge is -1.90. The lowest BCUT2D eigenvalue weighted by atomic mass is 10.3. The first-order valence-electron chi connectivity index (χ1n) is 3.14. The molecule has 0 N–H and O–H groups in total. The summed E-state index contributed by atoms with van der Waals surface area (Å²) in [6.07, 6.45) is 1.72. The lowest BCUT2D eigenvalue weighted by molar-refractivity contribution is 1.07. The molecule has 0 aliphatic carbocycles. The maximum atomic E-state index is 4.03. The Hall–Kier alpha value is -0.480. The highest BCUT2D eigenvalue weighted by molar-refractivity contribution is 9.10. The average Bonchev–Trinajstić information content (AvgIpc) is 2.35. The molecular weight excluding hydrogens is 224 g/mol. The van der Waals surface area contributed by atoms with E-state index in [1.165, 1.54) is 10.3 Å². The Morgan fingerprint density at radius 3 is 3.09 bits per heavy atom. The molecule has 56 valence electrons. The summed E-state index contributed by atoms with van der Waals surface area (Å²) in [5.41, 5.74) is 2.20. The van der Waals surface area contributed by atoms with Gasteiger partial charge in [0.15, 0.2) is 0 Å². The number of nitrogens with zero attached hydrogens (tertiary/aromatic N) is 2. The molecule has 2 aromatic heterocycles. The van der Waals surface area contributed by atoms with Gasteiger partial charge in [0.05, 0.1) is 15.4 Å². The van der Waals surface area contributed by atoms with Crippen LogP contribution in [-0.4, -0.2) is 10.2 Å². The van der Waals surface area contributed by atoms with Crippen LogP contribution in [0.1, 0.15) is 5.56 Å². The van der Waals surface area contributed by atoms with E-state index in [0.29, 0.717) is 0 Å². The van der Waals surface area contributed by atoms with Crippen LogP contribution in [0.4, 0.5) is 0 Å². The molecule has 0 aliphatic heterocycles. The standard InChI is InChI=1S/C7H5BrN2S/c1-4-3-11-7-5(8)2-9-10-6(4)7/h2-3H,1H3. The molecule has 0 aromatic carbocycles. The molecule has 0 saturated heterocycles. The van der Waals surface area contributed by atoms with E-state index < -0.39 is 0 Å². The van der Waals surface area contributed by atoms with Crippen molar-refractivity contribution in [3.63, 3.8) is 0 Å². The van der Waals surface area contributed by atoms with Crippen molar-refractivity contribution in [1.29, 1.82) is 0 Å². The number of hydrogen-bond donors (Lipinski definition) is 0. The van der Waals surface area contributed by atoms with Crippen LogP contribution < -0.4 is 0 Å². The number of hydrogen-bond acceptors (Lipinski definition) is 3. The summed E-state index contributed by atoms with van der Waals surface area (Å²) in [4.78, 5) is 0. The van der Waals surface area contributed by atoms with Gasteiger partial charge in [0, 0.05) is 0 Å². The molecule has 2 nitrogen and oxygen atoms in total. The molecule has 0 spiro atoms. The van der Waals surface area contributed by atoms with Crippen LogP contribution in [0, 0.1) is 6.92 Å². The second-order valence-corrected chi connectivity index (χ2v) is 4.02. The monoisotopic (exact) mass is 228 g/mol.